The summed E-state index contributed by atoms with van der Waals surface area (Å²) in [6, 6.07) is 1.97. The molecule has 0 radical (unpaired) electrons. The molecule has 0 N–H and O–H groups in total. The summed E-state index contributed by atoms with van der Waals surface area (Å²) in [5.41, 5.74) is 0. The normalized spacial score (nSPS) is 9.00. The molecule has 0 heterocycles. The van der Waals surface area contributed by atoms with E-state index < -0.39 is 0 Å². The molecule has 0 unspecified atom stereocenters. The quantitative estimate of drug-likeness (QED) is 0.408. The van der Waals surface area contributed by atoms with Crippen LogP contribution in [0.4, 0.5) is 0 Å². The van der Waals surface area contributed by atoms with Crippen LogP contribution in [0.1, 0.15) is 13.3 Å². The smallest absolute Gasteiger partial charge is 0.100 e. The van der Waals surface area contributed by atoms with E-state index in [1.807, 2.05) is 13.0 Å². The summed E-state index contributed by atoms with van der Waals surface area (Å²) in [5.74, 6) is 0. The fourth-order valence-electron chi connectivity index (χ4n) is 0.269. The second-order valence-electron chi connectivity index (χ2n) is 1.25. The van der Waals surface area contributed by atoms with E-state index in [0.29, 0.717) is 13.0 Å². The van der Waals surface area contributed by atoms with E-state index in [9.17, 15) is 0 Å². The first-order valence-corrected chi connectivity index (χ1v) is 2.51. The maximum Gasteiger partial charge on any atom is 0.100 e. The van der Waals surface area contributed by atoms with Crippen molar-refractivity contribution in [1.29, 1.82) is 5.26 Å². The SMILES string of the molecule is CC=COCCC#N. The van der Waals surface area contributed by atoms with Crippen molar-refractivity contribution >= 4 is 0 Å². The van der Waals surface area contributed by atoms with Gasteiger partial charge >= 0.3 is 0 Å². The lowest BCUT2D eigenvalue weighted by molar-refractivity contribution is 0.257. The molecule has 0 aromatic carbocycles. The molecule has 0 amide bonds. The van der Waals surface area contributed by atoms with Gasteiger partial charge in [0.15, 0.2) is 0 Å². The van der Waals surface area contributed by atoms with E-state index in [4.69, 9.17) is 10.00 Å². The third kappa shape index (κ3) is 5.03. The van der Waals surface area contributed by atoms with Crippen LogP contribution in [0.2, 0.25) is 0 Å². The van der Waals surface area contributed by atoms with E-state index in [1.54, 1.807) is 12.3 Å². The standard InChI is InChI=1S/C6H9NO/c1-2-5-8-6-3-4-7/h2,5H,3,6H2,1H3. The Hall–Kier alpha value is -0.970. The van der Waals surface area contributed by atoms with Crippen LogP contribution < -0.4 is 0 Å². The summed E-state index contributed by atoms with van der Waals surface area (Å²) < 4.78 is 4.82. The summed E-state index contributed by atoms with van der Waals surface area (Å²) in [6.45, 7) is 2.37. The lowest BCUT2D eigenvalue weighted by Crippen LogP contribution is -1.82. The molecule has 0 atom stereocenters. The minimum atomic E-state index is 0.463. The highest BCUT2D eigenvalue weighted by Gasteiger charge is 1.76. The molecule has 0 aliphatic carbocycles. The van der Waals surface area contributed by atoms with Gasteiger partial charge in [-0.1, -0.05) is 6.08 Å². The van der Waals surface area contributed by atoms with Crippen LogP contribution in [0, 0.1) is 11.3 Å². The number of rotatable bonds is 3. The van der Waals surface area contributed by atoms with Crippen LogP contribution in [0.3, 0.4) is 0 Å². The van der Waals surface area contributed by atoms with Crippen LogP contribution in [-0.2, 0) is 4.74 Å². The predicted molar refractivity (Wildman–Crippen MR) is 31.0 cm³/mol. The monoisotopic (exact) mass is 111 g/mol. The Balaban J connectivity index is 2.85. The van der Waals surface area contributed by atoms with Crippen LogP contribution in [0.25, 0.3) is 0 Å². The van der Waals surface area contributed by atoms with Crippen molar-refractivity contribution in [2.45, 2.75) is 13.3 Å². The van der Waals surface area contributed by atoms with Crippen molar-refractivity contribution in [2.75, 3.05) is 6.61 Å². The molecule has 0 bridgehead atoms. The van der Waals surface area contributed by atoms with Crippen molar-refractivity contribution in [2.24, 2.45) is 0 Å². The Morgan fingerprint density at radius 2 is 2.50 bits per heavy atom. The Labute approximate surface area is 49.4 Å². The van der Waals surface area contributed by atoms with Crippen molar-refractivity contribution in [3.8, 4) is 6.07 Å². The lowest BCUT2D eigenvalue weighted by atomic mass is 10.5. The molecule has 0 saturated carbocycles. The second-order valence-corrected chi connectivity index (χ2v) is 1.25. The Bertz CT molecular complexity index is 102. The molecule has 0 spiro atoms. The highest BCUT2D eigenvalue weighted by Crippen LogP contribution is 1.79. The Morgan fingerprint density at radius 1 is 1.75 bits per heavy atom. The summed E-state index contributed by atoms with van der Waals surface area (Å²) in [5, 5.41) is 8.01. The summed E-state index contributed by atoms with van der Waals surface area (Å²) in [6.07, 6.45) is 3.83. The van der Waals surface area contributed by atoms with Crippen LogP contribution in [0.15, 0.2) is 12.3 Å². The summed E-state index contributed by atoms with van der Waals surface area (Å²) in [7, 11) is 0. The molecule has 44 valence electrons. The number of hydrogen-bond donors (Lipinski definition) is 0. The molecule has 2 heteroatoms. The molecular formula is C6H9NO. The van der Waals surface area contributed by atoms with Crippen molar-refractivity contribution in [1.82, 2.24) is 0 Å². The van der Waals surface area contributed by atoms with Gasteiger partial charge in [0.05, 0.1) is 18.8 Å². The maximum atomic E-state index is 8.01. The predicted octanol–water partition coefficient (Wildman–Crippen LogP) is 1.45. The fourth-order valence-corrected chi connectivity index (χ4v) is 0.269. The zero-order valence-corrected chi connectivity index (χ0v) is 4.92. The highest BCUT2D eigenvalue weighted by atomic mass is 16.5. The van der Waals surface area contributed by atoms with Gasteiger partial charge in [-0.2, -0.15) is 5.26 Å². The van der Waals surface area contributed by atoms with E-state index in [2.05, 4.69) is 0 Å². The van der Waals surface area contributed by atoms with Gasteiger partial charge in [-0.25, -0.2) is 0 Å². The van der Waals surface area contributed by atoms with Gasteiger partial charge in [0.25, 0.3) is 0 Å². The minimum Gasteiger partial charge on any atom is -0.500 e. The number of hydrogen-bond acceptors (Lipinski definition) is 2. The fraction of sp³-hybridized carbons (Fsp3) is 0.500. The van der Waals surface area contributed by atoms with Crippen molar-refractivity contribution in [3.05, 3.63) is 12.3 Å². The van der Waals surface area contributed by atoms with E-state index in [0.717, 1.165) is 0 Å². The zero-order chi connectivity index (χ0) is 6.24. The van der Waals surface area contributed by atoms with Gasteiger partial charge in [-0.3, -0.25) is 0 Å². The third-order valence-electron chi connectivity index (χ3n) is 0.564. The first-order valence-electron chi connectivity index (χ1n) is 2.51. The van der Waals surface area contributed by atoms with E-state index in [-0.39, 0.29) is 0 Å². The molecule has 0 aromatic rings. The second kappa shape index (κ2) is 6.03. The van der Waals surface area contributed by atoms with E-state index in [1.165, 1.54) is 0 Å². The maximum absolute atomic E-state index is 8.01. The molecule has 0 aromatic heterocycles. The van der Waals surface area contributed by atoms with Crippen molar-refractivity contribution < 1.29 is 4.74 Å². The number of nitriles is 1. The minimum absolute atomic E-state index is 0.463. The number of ether oxygens (including phenoxy) is 1. The molecule has 0 fully saturated rings. The average Bonchev–Trinajstić information content (AvgIpc) is 1.81. The first kappa shape index (κ1) is 7.03. The van der Waals surface area contributed by atoms with Gasteiger partial charge in [-0.15, -0.1) is 0 Å². The Kier molecular flexibility index (Phi) is 5.30. The van der Waals surface area contributed by atoms with Crippen molar-refractivity contribution in [3.63, 3.8) is 0 Å². The van der Waals surface area contributed by atoms with Crippen LogP contribution in [-0.4, -0.2) is 6.61 Å². The lowest BCUT2D eigenvalue weighted by Gasteiger charge is -1.90. The van der Waals surface area contributed by atoms with Crippen LogP contribution >= 0.6 is 0 Å². The van der Waals surface area contributed by atoms with E-state index >= 15 is 0 Å². The zero-order valence-electron chi connectivity index (χ0n) is 4.92. The highest BCUT2D eigenvalue weighted by molar-refractivity contribution is 4.70. The van der Waals surface area contributed by atoms with Gasteiger partial charge in [0.1, 0.15) is 6.61 Å². The molecule has 0 aliphatic heterocycles. The van der Waals surface area contributed by atoms with Gasteiger partial charge < -0.3 is 4.74 Å². The number of nitrogens with zero attached hydrogens (tertiary/aromatic N) is 1. The first-order chi connectivity index (χ1) is 3.91. The summed E-state index contributed by atoms with van der Waals surface area (Å²) in [4.78, 5) is 0. The molecule has 0 rings (SSSR count). The molecule has 0 saturated heterocycles. The van der Waals surface area contributed by atoms with Gasteiger partial charge in [0, 0.05) is 0 Å². The number of allylic oxidation sites excluding steroid dienone is 1. The molecule has 2 nitrogen and oxygen atoms in total. The van der Waals surface area contributed by atoms with Crippen LogP contribution in [0.5, 0.6) is 0 Å². The Morgan fingerprint density at radius 3 is 3.00 bits per heavy atom. The van der Waals surface area contributed by atoms with Gasteiger partial charge in [-0.05, 0) is 6.92 Å². The molecular weight excluding hydrogens is 102 g/mol. The van der Waals surface area contributed by atoms with Gasteiger partial charge in [0.2, 0.25) is 0 Å². The summed E-state index contributed by atoms with van der Waals surface area (Å²) >= 11 is 0. The molecule has 0 aliphatic rings. The largest absolute Gasteiger partial charge is 0.500 e. The topological polar surface area (TPSA) is 33.0 Å². The average molecular weight is 111 g/mol. The molecule has 8 heavy (non-hydrogen) atoms. The third-order valence-corrected chi connectivity index (χ3v) is 0.564.